The summed E-state index contributed by atoms with van der Waals surface area (Å²) in [5.41, 5.74) is 5.76. The van der Waals surface area contributed by atoms with Gasteiger partial charge < -0.3 is 25.6 Å². The van der Waals surface area contributed by atoms with Crippen LogP contribution in [0.25, 0.3) is 11.2 Å². The maximum Gasteiger partial charge on any atom is 0.328 e. The number of hydrogen-bond donors (Lipinski definition) is 3. The zero-order valence-corrected chi connectivity index (χ0v) is 29.6. The minimum absolute atomic E-state index is 0.0717. The van der Waals surface area contributed by atoms with Crippen LogP contribution in [0.15, 0.2) is 48.3 Å². The number of aliphatic hydroxyl groups excluding tert-OH is 1. The first-order valence-corrected chi connectivity index (χ1v) is 17.8. The number of ketones is 1. The van der Waals surface area contributed by atoms with Crippen molar-refractivity contribution in [3.63, 3.8) is 0 Å². The number of amides is 1. The van der Waals surface area contributed by atoms with Gasteiger partial charge in [0.25, 0.3) is 0 Å². The summed E-state index contributed by atoms with van der Waals surface area (Å²) in [6.07, 6.45) is 5.06. The van der Waals surface area contributed by atoms with E-state index in [-0.39, 0.29) is 52.8 Å². The van der Waals surface area contributed by atoms with Gasteiger partial charge in [-0.05, 0) is 60.6 Å². The quantitative estimate of drug-likeness (QED) is 0.123. The number of nitrogens with one attached hydrogen (secondary N) is 1. The van der Waals surface area contributed by atoms with Crippen molar-refractivity contribution in [2.75, 3.05) is 18.6 Å². The number of thioether (sulfide) groups is 1. The van der Waals surface area contributed by atoms with Crippen LogP contribution in [-0.4, -0.2) is 67.5 Å². The number of aliphatic hydroxyl groups is 1. The molecule has 8 atom stereocenters. The number of esters is 1. The van der Waals surface area contributed by atoms with Crippen molar-refractivity contribution in [3.8, 4) is 5.75 Å². The number of imidazole rings is 1. The number of methoxy groups -OCH3 is 1. The molecule has 3 aliphatic carbocycles. The minimum atomic E-state index is -0.743. The van der Waals surface area contributed by atoms with Gasteiger partial charge in [0.2, 0.25) is 5.95 Å². The van der Waals surface area contributed by atoms with Crippen LogP contribution in [0.3, 0.4) is 0 Å². The molecule has 1 aromatic carbocycles. The standard InChI is InChI=1S/C36H46N6O6S/c1-7-34(4)16-25(35(5)20(2)12-14-36(21(3)29(34)45)15-13-24(43)28(35)36)48-26(44)18-49-31-27-30(40-32(37)41-31)42(19-39-27)33(46)38-17-22-8-10-23(47-6)11-9-22/h7-11,19-21,25,28-29,45H,1,12-18H2,2-6H3,(H,38,46)(H2,37,40,41)/t20-,21+,25-,28?,29+,34-,35+,36+/m1/s1. The Morgan fingerprint density at radius 1 is 1.20 bits per heavy atom. The lowest BCUT2D eigenvalue weighted by Gasteiger charge is -2.61. The molecule has 2 aromatic heterocycles. The van der Waals surface area contributed by atoms with Gasteiger partial charge in [0.1, 0.15) is 34.5 Å². The van der Waals surface area contributed by atoms with Crippen LogP contribution in [0.5, 0.6) is 5.75 Å². The lowest BCUT2D eigenvalue weighted by atomic mass is 9.44. The number of aromatic nitrogens is 4. The number of anilines is 1. The summed E-state index contributed by atoms with van der Waals surface area (Å²) in [6, 6.07) is 6.88. The summed E-state index contributed by atoms with van der Waals surface area (Å²) in [5.74, 6) is -0.0523. The molecule has 0 saturated heterocycles. The monoisotopic (exact) mass is 690 g/mol. The van der Waals surface area contributed by atoms with Crippen LogP contribution in [-0.2, 0) is 20.9 Å². The summed E-state index contributed by atoms with van der Waals surface area (Å²) < 4.78 is 12.8. The van der Waals surface area contributed by atoms with Crippen molar-refractivity contribution >= 4 is 46.7 Å². The van der Waals surface area contributed by atoms with E-state index in [9.17, 15) is 19.5 Å². The van der Waals surface area contributed by atoms with Crippen LogP contribution < -0.4 is 15.8 Å². The Kier molecular flexibility index (Phi) is 9.29. The van der Waals surface area contributed by atoms with Gasteiger partial charge in [0.15, 0.2) is 5.65 Å². The molecule has 3 fully saturated rings. The van der Waals surface area contributed by atoms with Crippen molar-refractivity contribution in [1.29, 1.82) is 0 Å². The maximum absolute atomic E-state index is 13.7. The Hall–Kier alpha value is -3.97. The number of ether oxygens (including phenoxy) is 2. The van der Waals surface area contributed by atoms with Gasteiger partial charge in [0, 0.05) is 29.7 Å². The zero-order chi connectivity index (χ0) is 35.3. The number of fused-ring (bicyclic) bond motifs is 1. The van der Waals surface area contributed by atoms with Crippen LogP contribution in [0.2, 0.25) is 0 Å². The normalized spacial score (nSPS) is 32.5. The van der Waals surface area contributed by atoms with Crippen molar-refractivity contribution in [1.82, 2.24) is 24.8 Å². The molecule has 0 radical (unpaired) electrons. The summed E-state index contributed by atoms with van der Waals surface area (Å²) in [6.45, 7) is 12.7. The first kappa shape index (κ1) is 34.9. The largest absolute Gasteiger partial charge is 0.497 e. The predicted octanol–water partition coefficient (Wildman–Crippen LogP) is 5.17. The Morgan fingerprint density at radius 3 is 2.63 bits per heavy atom. The molecule has 1 amide bonds. The smallest absolute Gasteiger partial charge is 0.328 e. The molecule has 1 unspecified atom stereocenters. The lowest BCUT2D eigenvalue weighted by molar-refractivity contribution is -0.205. The third-order valence-electron chi connectivity index (χ3n) is 12.1. The Labute approximate surface area is 290 Å². The van der Waals surface area contributed by atoms with Crippen molar-refractivity contribution in [2.45, 2.75) is 83.6 Å². The van der Waals surface area contributed by atoms with Gasteiger partial charge in [-0.3, -0.25) is 9.59 Å². The summed E-state index contributed by atoms with van der Waals surface area (Å²) in [4.78, 5) is 53.5. The fourth-order valence-electron chi connectivity index (χ4n) is 8.97. The fourth-order valence-corrected chi connectivity index (χ4v) is 9.73. The first-order chi connectivity index (χ1) is 23.3. The number of Topliss-reactive ketones (excluding diaryl/α,β-unsaturated/α-hetero) is 1. The van der Waals surface area contributed by atoms with E-state index in [0.717, 1.165) is 36.6 Å². The van der Waals surface area contributed by atoms with Gasteiger partial charge in [-0.25, -0.2) is 19.3 Å². The molecule has 6 rings (SSSR count). The maximum atomic E-state index is 13.7. The number of carbonyl (C=O) groups excluding carboxylic acids is 3. The van der Waals surface area contributed by atoms with Crippen LogP contribution in [0.1, 0.15) is 65.4 Å². The lowest BCUT2D eigenvalue weighted by Crippen LogP contribution is -2.63. The number of nitrogen functional groups attached to an aromatic ring is 1. The van der Waals surface area contributed by atoms with Crippen molar-refractivity contribution in [3.05, 3.63) is 48.8 Å². The molecule has 3 saturated carbocycles. The number of benzene rings is 1. The fraction of sp³-hybridized carbons (Fsp3) is 0.556. The van der Waals surface area contributed by atoms with E-state index in [4.69, 9.17) is 15.2 Å². The number of hydrogen-bond acceptors (Lipinski definition) is 11. The molecule has 3 aromatic rings. The second-order valence-electron chi connectivity index (χ2n) is 14.5. The van der Waals surface area contributed by atoms with E-state index in [1.54, 1.807) is 13.2 Å². The molecule has 0 spiro atoms. The molecule has 3 aliphatic rings. The average molecular weight is 691 g/mol. The van der Waals surface area contributed by atoms with E-state index in [0.29, 0.717) is 29.1 Å². The Balaban J connectivity index is 1.21. The highest BCUT2D eigenvalue weighted by Gasteiger charge is 2.68. The molecular weight excluding hydrogens is 644 g/mol. The third kappa shape index (κ3) is 5.88. The Morgan fingerprint density at radius 2 is 1.94 bits per heavy atom. The van der Waals surface area contributed by atoms with Crippen LogP contribution in [0.4, 0.5) is 10.7 Å². The van der Waals surface area contributed by atoms with Gasteiger partial charge in [-0.1, -0.05) is 57.7 Å². The van der Waals surface area contributed by atoms with E-state index in [1.807, 2.05) is 31.2 Å². The molecule has 0 aliphatic heterocycles. The average Bonchev–Trinajstić information content (AvgIpc) is 3.68. The second kappa shape index (κ2) is 13.1. The molecule has 2 heterocycles. The molecule has 4 N–H and O–H groups in total. The van der Waals surface area contributed by atoms with Gasteiger partial charge in [-0.2, -0.15) is 4.98 Å². The predicted molar refractivity (Wildman–Crippen MR) is 186 cm³/mol. The third-order valence-corrected chi connectivity index (χ3v) is 13.0. The molecule has 13 heteroatoms. The summed E-state index contributed by atoms with van der Waals surface area (Å²) >= 11 is 1.10. The van der Waals surface area contributed by atoms with Gasteiger partial charge >= 0.3 is 12.0 Å². The van der Waals surface area contributed by atoms with E-state index in [2.05, 4.69) is 47.6 Å². The van der Waals surface area contributed by atoms with E-state index in [1.165, 1.54) is 10.9 Å². The number of carbonyl (C=O) groups is 3. The van der Waals surface area contributed by atoms with Crippen LogP contribution >= 0.6 is 11.8 Å². The van der Waals surface area contributed by atoms with Crippen LogP contribution in [0, 0.1) is 34.0 Å². The second-order valence-corrected chi connectivity index (χ2v) is 15.5. The van der Waals surface area contributed by atoms with Gasteiger partial charge in [-0.15, -0.1) is 6.58 Å². The van der Waals surface area contributed by atoms with E-state index >= 15 is 0 Å². The summed E-state index contributed by atoms with van der Waals surface area (Å²) in [7, 11) is 1.59. The number of rotatable bonds is 8. The number of nitrogens with two attached hydrogens (primary N) is 1. The summed E-state index contributed by atoms with van der Waals surface area (Å²) in [5, 5.41) is 15.0. The first-order valence-electron chi connectivity index (χ1n) is 16.9. The van der Waals surface area contributed by atoms with Crippen molar-refractivity contribution < 1.29 is 29.0 Å². The molecular formula is C36H46N6O6S. The highest BCUT2D eigenvalue weighted by atomic mass is 32.2. The highest BCUT2D eigenvalue weighted by Crippen LogP contribution is 2.68. The minimum Gasteiger partial charge on any atom is -0.497 e. The molecule has 262 valence electrons. The topological polar surface area (TPSA) is 172 Å². The molecule has 49 heavy (non-hydrogen) atoms. The number of nitrogens with zero attached hydrogens (tertiary/aromatic N) is 4. The SMILES string of the molecule is C=C[C@]1(C)C[C@@H](OC(=O)CSc2nc(N)nc3c2ncn3C(=O)NCc2ccc(OC)cc2)[C@@]2(C)C3C(=O)CC[C@@]3(CC[C@H]2C)[C@@H](C)[C@@H]1O. The molecule has 2 bridgehead atoms. The molecule has 12 nitrogen and oxygen atoms in total. The zero-order valence-electron chi connectivity index (χ0n) is 28.8. The van der Waals surface area contributed by atoms with Gasteiger partial charge in [0.05, 0.1) is 19.0 Å². The Bertz CT molecular complexity index is 1780. The van der Waals surface area contributed by atoms with E-state index < -0.39 is 35.0 Å². The highest BCUT2D eigenvalue weighted by molar-refractivity contribution is 8.00. The van der Waals surface area contributed by atoms with Crippen molar-refractivity contribution in [2.24, 2.45) is 34.0 Å².